The van der Waals surface area contributed by atoms with Gasteiger partial charge in [0.1, 0.15) is 18.1 Å². The van der Waals surface area contributed by atoms with E-state index < -0.39 is 0 Å². The van der Waals surface area contributed by atoms with Gasteiger partial charge in [-0.1, -0.05) is 6.07 Å². The number of aromatic nitrogens is 2. The third kappa shape index (κ3) is 4.29. The topological polar surface area (TPSA) is 69.3 Å². The first-order chi connectivity index (χ1) is 12.0. The highest BCUT2D eigenvalue weighted by Crippen LogP contribution is 2.18. The molecule has 0 saturated carbocycles. The Hall–Kier alpha value is -3.02. The molecule has 3 aromatic rings. The first-order valence-corrected chi connectivity index (χ1v) is 8.06. The molecule has 25 heavy (non-hydrogen) atoms. The molecule has 2 heterocycles. The standard InChI is InChI=1S/C19H21N3O3/c1-13-8-14(2)10-17(9-13)24-12-16-4-5-18(25-16)19(23)20-11-15-6-7-21-22(15)3/h4-10H,11-12H2,1-3H3,(H,20,23). The van der Waals surface area contributed by atoms with Crippen molar-refractivity contribution < 1.29 is 13.9 Å². The molecule has 0 bridgehead atoms. The summed E-state index contributed by atoms with van der Waals surface area (Å²) in [5, 5.41) is 6.87. The molecule has 0 fully saturated rings. The molecule has 0 spiro atoms. The van der Waals surface area contributed by atoms with E-state index in [1.54, 1.807) is 23.0 Å². The molecule has 6 nitrogen and oxygen atoms in total. The van der Waals surface area contributed by atoms with Gasteiger partial charge in [-0.05, 0) is 55.3 Å². The van der Waals surface area contributed by atoms with E-state index in [9.17, 15) is 4.79 Å². The van der Waals surface area contributed by atoms with Crippen molar-refractivity contribution >= 4 is 5.91 Å². The second kappa shape index (κ2) is 7.25. The number of ether oxygens (including phenoxy) is 1. The summed E-state index contributed by atoms with van der Waals surface area (Å²) in [5.41, 5.74) is 3.20. The number of aryl methyl sites for hydroxylation is 3. The van der Waals surface area contributed by atoms with Gasteiger partial charge in [-0.15, -0.1) is 0 Å². The normalized spacial score (nSPS) is 10.7. The maximum atomic E-state index is 12.2. The smallest absolute Gasteiger partial charge is 0.287 e. The first kappa shape index (κ1) is 16.8. The van der Waals surface area contributed by atoms with Gasteiger partial charge in [0, 0.05) is 13.2 Å². The van der Waals surface area contributed by atoms with Crippen LogP contribution in [0.5, 0.6) is 5.75 Å². The number of nitrogens with zero attached hydrogens (tertiary/aromatic N) is 2. The lowest BCUT2D eigenvalue weighted by molar-refractivity contribution is 0.0918. The summed E-state index contributed by atoms with van der Waals surface area (Å²) in [5.74, 6) is 1.39. The molecule has 6 heteroatoms. The Bertz CT molecular complexity index is 859. The molecule has 130 valence electrons. The summed E-state index contributed by atoms with van der Waals surface area (Å²) in [6.07, 6.45) is 1.69. The number of hydrogen-bond donors (Lipinski definition) is 1. The summed E-state index contributed by atoms with van der Waals surface area (Å²) in [6.45, 7) is 4.72. The fourth-order valence-electron chi connectivity index (χ4n) is 2.58. The number of hydrogen-bond acceptors (Lipinski definition) is 4. The molecule has 1 amide bonds. The molecule has 0 saturated heterocycles. The molecule has 1 aromatic carbocycles. The van der Waals surface area contributed by atoms with E-state index in [0.29, 0.717) is 12.3 Å². The Labute approximate surface area is 146 Å². The van der Waals surface area contributed by atoms with E-state index in [0.717, 1.165) is 22.6 Å². The lowest BCUT2D eigenvalue weighted by Crippen LogP contribution is -2.23. The van der Waals surface area contributed by atoms with Gasteiger partial charge in [0.25, 0.3) is 5.91 Å². The molecule has 0 aliphatic heterocycles. The third-order valence-corrected chi connectivity index (χ3v) is 3.81. The Morgan fingerprint density at radius 1 is 1.20 bits per heavy atom. The molecular weight excluding hydrogens is 318 g/mol. The molecule has 1 N–H and O–H groups in total. The van der Waals surface area contributed by atoms with Gasteiger partial charge in [-0.3, -0.25) is 9.48 Å². The van der Waals surface area contributed by atoms with Crippen LogP contribution in [0.4, 0.5) is 0 Å². The van der Waals surface area contributed by atoms with Crippen LogP contribution in [0.1, 0.15) is 33.1 Å². The van der Waals surface area contributed by atoms with Crippen LogP contribution in [0, 0.1) is 13.8 Å². The molecule has 0 atom stereocenters. The number of rotatable bonds is 6. The fourth-order valence-corrected chi connectivity index (χ4v) is 2.58. The van der Waals surface area contributed by atoms with Crippen molar-refractivity contribution in [2.75, 3.05) is 0 Å². The highest BCUT2D eigenvalue weighted by atomic mass is 16.5. The Balaban J connectivity index is 1.56. The second-order valence-electron chi connectivity index (χ2n) is 6.01. The summed E-state index contributed by atoms with van der Waals surface area (Å²) in [4.78, 5) is 12.2. The molecule has 0 radical (unpaired) electrons. The SMILES string of the molecule is Cc1cc(C)cc(OCc2ccc(C(=O)NCc3ccnn3C)o2)c1. The van der Waals surface area contributed by atoms with Gasteiger partial charge in [0.05, 0.1) is 12.2 Å². The first-order valence-electron chi connectivity index (χ1n) is 8.06. The van der Waals surface area contributed by atoms with Crippen molar-refractivity contribution in [3.05, 3.63) is 70.9 Å². The van der Waals surface area contributed by atoms with E-state index >= 15 is 0 Å². The molecule has 0 unspecified atom stereocenters. The van der Waals surface area contributed by atoms with Crippen LogP contribution in [0.2, 0.25) is 0 Å². The minimum atomic E-state index is -0.265. The van der Waals surface area contributed by atoms with Gasteiger partial charge >= 0.3 is 0 Å². The molecule has 0 aliphatic rings. The summed E-state index contributed by atoms with van der Waals surface area (Å²) >= 11 is 0. The zero-order chi connectivity index (χ0) is 17.8. The summed E-state index contributed by atoms with van der Waals surface area (Å²) in [6, 6.07) is 11.3. The Kier molecular flexibility index (Phi) is 4.88. The summed E-state index contributed by atoms with van der Waals surface area (Å²) in [7, 11) is 1.83. The largest absolute Gasteiger partial charge is 0.486 e. The maximum Gasteiger partial charge on any atom is 0.287 e. The molecule has 3 rings (SSSR count). The highest BCUT2D eigenvalue weighted by molar-refractivity contribution is 5.91. The number of furan rings is 1. The van der Waals surface area contributed by atoms with Gasteiger partial charge in [0.15, 0.2) is 5.76 Å². The number of benzene rings is 1. The fraction of sp³-hybridized carbons (Fsp3) is 0.263. The Morgan fingerprint density at radius 2 is 1.96 bits per heavy atom. The molecule has 2 aromatic heterocycles. The number of carbonyl (C=O) groups is 1. The minimum absolute atomic E-state index is 0.265. The zero-order valence-corrected chi connectivity index (χ0v) is 14.6. The minimum Gasteiger partial charge on any atom is -0.486 e. The van der Waals surface area contributed by atoms with E-state index in [2.05, 4.69) is 16.5 Å². The van der Waals surface area contributed by atoms with Crippen molar-refractivity contribution in [2.45, 2.75) is 27.0 Å². The number of carbonyl (C=O) groups excluding carboxylic acids is 1. The van der Waals surface area contributed by atoms with Gasteiger partial charge in [-0.25, -0.2) is 0 Å². The van der Waals surface area contributed by atoms with E-state index in [-0.39, 0.29) is 18.3 Å². The van der Waals surface area contributed by atoms with Crippen molar-refractivity contribution in [1.29, 1.82) is 0 Å². The predicted octanol–water partition coefficient (Wildman–Crippen LogP) is 3.14. The van der Waals surface area contributed by atoms with E-state index in [4.69, 9.17) is 9.15 Å². The zero-order valence-electron chi connectivity index (χ0n) is 14.6. The average Bonchev–Trinajstić information content (AvgIpc) is 3.19. The molecular formula is C19H21N3O3. The monoisotopic (exact) mass is 339 g/mol. The lowest BCUT2D eigenvalue weighted by atomic mass is 10.1. The van der Waals surface area contributed by atoms with Gasteiger partial charge in [-0.2, -0.15) is 5.10 Å². The van der Waals surface area contributed by atoms with Crippen LogP contribution >= 0.6 is 0 Å². The average molecular weight is 339 g/mol. The van der Waals surface area contributed by atoms with Crippen molar-refractivity contribution in [1.82, 2.24) is 15.1 Å². The van der Waals surface area contributed by atoms with Crippen LogP contribution in [0.15, 0.2) is 47.0 Å². The highest BCUT2D eigenvalue weighted by Gasteiger charge is 2.12. The van der Waals surface area contributed by atoms with Crippen molar-refractivity contribution in [3.8, 4) is 5.75 Å². The predicted molar refractivity (Wildman–Crippen MR) is 93.3 cm³/mol. The van der Waals surface area contributed by atoms with Crippen LogP contribution < -0.4 is 10.1 Å². The van der Waals surface area contributed by atoms with Crippen molar-refractivity contribution in [3.63, 3.8) is 0 Å². The lowest BCUT2D eigenvalue weighted by Gasteiger charge is -2.07. The van der Waals surface area contributed by atoms with Crippen LogP contribution in [-0.2, 0) is 20.2 Å². The number of amides is 1. The number of nitrogens with one attached hydrogen (secondary N) is 1. The molecule has 0 aliphatic carbocycles. The van der Waals surface area contributed by atoms with E-state index in [1.165, 1.54) is 0 Å². The van der Waals surface area contributed by atoms with Crippen LogP contribution in [0.25, 0.3) is 0 Å². The Morgan fingerprint density at radius 3 is 2.64 bits per heavy atom. The van der Waals surface area contributed by atoms with Crippen molar-refractivity contribution in [2.24, 2.45) is 7.05 Å². The van der Waals surface area contributed by atoms with Crippen LogP contribution in [0.3, 0.4) is 0 Å². The summed E-state index contributed by atoms with van der Waals surface area (Å²) < 4.78 is 13.0. The van der Waals surface area contributed by atoms with E-state index in [1.807, 2.05) is 39.1 Å². The third-order valence-electron chi connectivity index (χ3n) is 3.81. The van der Waals surface area contributed by atoms with Gasteiger partial charge < -0.3 is 14.5 Å². The maximum absolute atomic E-state index is 12.2. The van der Waals surface area contributed by atoms with Gasteiger partial charge in [0.2, 0.25) is 0 Å². The van der Waals surface area contributed by atoms with Crippen LogP contribution in [-0.4, -0.2) is 15.7 Å². The second-order valence-corrected chi connectivity index (χ2v) is 6.01. The quantitative estimate of drug-likeness (QED) is 0.749.